The summed E-state index contributed by atoms with van der Waals surface area (Å²) in [5.41, 5.74) is 14.9. The lowest BCUT2D eigenvalue weighted by molar-refractivity contribution is 0.617. The van der Waals surface area contributed by atoms with Crippen molar-refractivity contribution in [3.63, 3.8) is 0 Å². The molecule has 0 fully saturated rings. The Balaban J connectivity index is 1.03. The van der Waals surface area contributed by atoms with Crippen molar-refractivity contribution in [3.05, 3.63) is 181 Å². The molecule has 57 heavy (non-hydrogen) atoms. The molecule has 0 bridgehead atoms. The van der Waals surface area contributed by atoms with Crippen molar-refractivity contribution in [1.29, 1.82) is 0 Å². The Labute approximate surface area is 332 Å². The van der Waals surface area contributed by atoms with Crippen LogP contribution in [0.3, 0.4) is 0 Å². The predicted octanol–water partition coefficient (Wildman–Crippen LogP) is 15.2. The van der Waals surface area contributed by atoms with Gasteiger partial charge in [0.15, 0.2) is 5.58 Å². The zero-order chi connectivity index (χ0) is 37.8. The Bertz CT molecular complexity index is 3390. The minimum atomic E-state index is -0.113. The number of thiophene rings is 1. The molecule has 0 aliphatic heterocycles. The fourth-order valence-corrected chi connectivity index (χ4v) is 10.3. The molecule has 8 aromatic carbocycles. The Kier molecular flexibility index (Phi) is 6.82. The third-order valence-electron chi connectivity index (χ3n) is 11.9. The van der Waals surface area contributed by atoms with Crippen molar-refractivity contribution in [1.82, 2.24) is 4.98 Å². The van der Waals surface area contributed by atoms with Crippen LogP contribution in [0.25, 0.3) is 86.9 Å². The predicted molar refractivity (Wildman–Crippen MR) is 237 cm³/mol. The van der Waals surface area contributed by atoms with Gasteiger partial charge in [0.25, 0.3) is 0 Å². The molecule has 12 rings (SSSR count). The number of rotatable bonds is 5. The summed E-state index contributed by atoms with van der Waals surface area (Å²) in [7, 11) is 0. The van der Waals surface area contributed by atoms with E-state index in [0.29, 0.717) is 11.5 Å². The normalized spacial score (nSPS) is 13.2. The number of furan rings is 1. The average Bonchev–Trinajstić information content (AvgIpc) is 4.00. The molecule has 1 aliphatic rings. The van der Waals surface area contributed by atoms with Crippen molar-refractivity contribution in [3.8, 4) is 33.7 Å². The van der Waals surface area contributed by atoms with Gasteiger partial charge in [0, 0.05) is 64.9 Å². The molecule has 0 unspecified atom stereocenters. The molecule has 0 saturated heterocycles. The topological polar surface area (TPSA) is 42.4 Å². The van der Waals surface area contributed by atoms with Gasteiger partial charge < -0.3 is 13.7 Å². The molecule has 3 aromatic heterocycles. The van der Waals surface area contributed by atoms with E-state index in [9.17, 15) is 0 Å². The first-order valence-corrected chi connectivity index (χ1v) is 20.2. The minimum absolute atomic E-state index is 0.113. The van der Waals surface area contributed by atoms with E-state index in [1.54, 1.807) is 0 Å². The largest absolute Gasteiger partial charge is 0.456 e. The summed E-state index contributed by atoms with van der Waals surface area (Å²) in [5.74, 6) is 0.602. The summed E-state index contributed by atoms with van der Waals surface area (Å²) in [4.78, 5) is 7.33. The lowest BCUT2D eigenvalue weighted by atomic mass is 9.82. The SMILES string of the molecule is CC1(C)c2ccccc2-c2c(N(c3ccc(-c4cccc5oc6cc7oc(-c8ccccc8)nc7cc6c45)cc3)c3ccc4sc5ccccc5c4c3)cccc21. The van der Waals surface area contributed by atoms with Crippen molar-refractivity contribution in [2.75, 3.05) is 4.90 Å². The van der Waals surface area contributed by atoms with Crippen LogP contribution in [-0.2, 0) is 5.41 Å². The van der Waals surface area contributed by atoms with Crippen LogP contribution in [0.4, 0.5) is 17.1 Å². The third-order valence-corrected chi connectivity index (χ3v) is 13.1. The number of benzene rings is 8. The lowest BCUT2D eigenvalue weighted by Gasteiger charge is -2.29. The van der Waals surface area contributed by atoms with Gasteiger partial charge in [-0.1, -0.05) is 111 Å². The molecular weight excluding hydrogens is 717 g/mol. The highest BCUT2D eigenvalue weighted by Gasteiger charge is 2.37. The number of fused-ring (bicyclic) bond motifs is 10. The Morgan fingerprint density at radius 2 is 1.25 bits per heavy atom. The zero-order valence-corrected chi connectivity index (χ0v) is 32.1. The molecule has 11 aromatic rings. The first kappa shape index (κ1) is 32.3. The number of hydrogen-bond donors (Lipinski definition) is 0. The summed E-state index contributed by atoms with van der Waals surface area (Å²) in [6, 6.07) is 60.8. The smallest absolute Gasteiger partial charge is 0.227 e. The molecule has 5 heteroatoms. The highest BCUT2D eigenvalue weighted by Crippen LogP contribution is 2.54. The molecular formula is C52H34N2O2S. The maximum absolute atomic E-state index is 6.47. The number of oxazole rings is 1. The van der Waals surface area contributed by atoms with Crippen LogP contribution in [0.1, 0.15) is 25.0 Å². The second kappa shape index (κ2) is 12.0. The maximum atomic E-state index is 6.47. The van der Waals surface area contributed by atoms with Gasteiger partial charge in [0.1, 0.15) is 16.7 Å². The highest BCUT2D eigenvalue weighted by atomic mass is 32.1. The first-order chi connectivity index (χ1) is 28.0. The van der Waals surface area contributed by atoms with E-state index in [-0.39, 0.29) is 5.41 Å². The van der Waals surface area contributed by atoms with Crippen LogP contribution in [0.5, 0.6) is 0 Å². The first-order valence-electron chi connectivity index (χ1n) is 19.4. The van der Waals surface area contributed by atoms with E-state index >= 15 is 0 Å². The molecule has 1 aliphatic carbocycles. The van der Waals surface area contributed by atoms with Crippen LogP contribution in [0.2, 0.25) is 0 Å². The van der Waals surface area contributed by atoms with Crippen LogP contribution in [-0.4, -0.2) is 4.98 Å². The Morgan fingerprint density at radius 3 is 2.14 bits per heavy atom. The molecule has 0 spiro atoms. The number of nitrogens with zero attached hydrogens (tertiary/aromatic N) is 2. The van der Waals surface area contributed by atoms with E-state index < -0.39 is 0 Å². The summed E-state index contributed by atoms with van der Waals surface area (Å²) >= 11 is 1.85. The van der Waals surface area contributed by atoms with Gasteiger partial charge >= 0.3 is 0 Å². The van der Waals surface area contributed by atoms with E-state index in [2.05, 4.69) is 146 Å². The number of hydrogen-bond acceptors (Lipinski definition) is 5. The van der Waals surface area contributed by atoms with Gasteiger partial charge in [0.05, 0.1) is 5.69 Å². The lowest BCUT2D eigenvalue weighted by Crippen LogP contribution is -2.16. The van der Waals surface area contributed by atoms with Crippen LogP contribution in [0.15, 0.2) is 179 Å². The fraction of sp³-hybridized carbons (Fsp3) is 0.0577. The second-order valence-corrected chi connectivity index (χ2v) is 16.6. The Morgan fingerprint density at radius 1 is 0.509 bits per heavy atom. The quantitative estimate of drug-likeness (QED) is 0.176. The summed E-state index contributed by atoms with van der Waals surface area (Å²) in [6.07, 6.45) is 0. The van der Waals surface area contributed by atoms with Gasteiger partial charge in [-0.05, 0) is 94.5 Å². The third kappa shape index (κ3) is 4.82. The monoisotopic (exact) mass is 750 g/mol. The molecule has 0 N–H and O–H groups in total. The second-order valence-electron chi connectivity index (χ2n) is 15.5. The number of anilines is 3. The van der Waals surface area contributed by atoms with Gasteiger partial charge in [-0.3, -0.25) is 0 Å². The van der Waals surface area contributed by atoms with E-state index in [1.807, 2.05) is 53.8 Å². The van der Waals surface area contributed by atoms with Gasteiger partial charge in [-0.25, -0.2) is 4.98 Å². The van der Waals surface area contributed by atoms with E-state index in [4.69, 9.17) is 13.8 Å². The Hall–Kier alpha value is -6.95. The minimum Gasteiger partial charge on any atom is -0.456 e. The van der Waals surface area contributed by atoms with Gasteiger partial charge in [-0.2, -0.15) is 0 Å². The van der Waals surface area contributed by atoms with Crippen LogP contribution in [0, 0.1) is 0 Å². The fourth-order valence-electron chi connectivity index (χ4n) is 9.18. The summed E-state index contributed by atoms with van der Waals surface area (Å²) in [6.45, 7) is 4.69. The molecule has 270 valence electrons. The van der Waals surface area contributed by atoms with Gasteiger partial charge in [0.2, 0.25) is 5.89 Å². The summed E-state index contributed by atoms with van der Waals surface area (Å²) < 4.78 is 15.3. The maximum Gasteiger partial charge on any atom is 0.227 e. The molecule has 4 nitrogen and oxygen atoms in total. The molecule has 0 saturated carbocycles. The molecule has 0 radical (unpaired) electrons. The van der Waals surface area contributed by atoms with Crippen LogP contribution >= 0.6 is 11.3 Å². The van der Waals surface area contributed by atoms with Crippen molar-refractivity contribution < 1.29 is 8.83 Å². The van der Waals surface area contributed by atoms with E-state index in [0.717, 1.165) is 55.5 Å². The van der Waals surface area contributed by atoms with Gasteiger partial charge in [-0.15, -0.1) is 11.3 Å². The number of aromatic nitrogens is 1. The van der Waals surface area contributed by atoms with Crippen molar-refractivity contribution in [2.24, 2.45) is 0 Å². The summed E-state index contributed by atoms with van der Waals surface area (Å²) in [5, 5.41) is 4.65. The zero-order valence-electron chi connectivity index (χ0n) is 31.3. The molecule has 0 atom stereocenters. The molecule has 3 heterocycles. The van der Waals surface area contributed by atoms with Crippen molar-refractivity contribution in [2.45, 2.75) is 19.3 Å². The van der Waals surface area contributed by atoms with Crippen molar-refractivity contribution >= 4 is 81.6 Å². The average molecular weight is 751 g/mol. The van der Waals surface area contributed by atoms with E-state index in [1.165, 1.54) is 48.1 Å². The molecule has 0 amide bonds. The standard InChI is InChI=1S/C52H34N2O2S/c1-52(2)40-17-8-6-15-37(40)50-41(52)18-11-19-43(50)54(34-26-27-48-38(28-34)36-14-7-9-21-47(36)57-48)33-24-22-31(23-25-33)35-16-10-20-44-49(35)39-29-42-46(30-45(39)55-44)56-51(53-42)32-12-4-3-5-13-32/h3-30H,1-2H3. The highest BCUT2D eigenvalue weighted by molar-refractivity contribution is 7.25. The van der Waals surface area contributed by atoms with Crippen LogP contribution < -0.4 is 4.90 Å².